The number of hydrogen-bond donors (Lipinski definition) is 1. The number of nitrogens with zero attached hydrogens (tertiary/aromatic N) is 2. The molecule has 6 heteroatoms. The molecule has 19 heavy (non-hydrogen) atoms. The summed E-state index contributed by atoms with van der Waals surface area (Å²) in [5.41, 5.74) is 1.96. The molecule has 1 atom stereocenters. The molecule has 0 aliphatic heterocycles. The van der Waals surface area contributed by atoms with Crippen LogP contribution in [0.25, 0.3) is 0 Å². The Bertz CT molecular complexity index is 564. The van der Waals surface area contributed by atoms with Crippen molar-refractivity contribution in [2.75, 3.05) is 6.54 Å². The Morgan fingerprint density at radius 3 is 2.79 bits per heavy atom. The number of halogens is 2. The van der Waals surface area contributed by atoms with Crippen LogP contribution in [-0.2, 0) is 13.5 Å². The van der Waals surface area contributed by atoms with Crippen LogP contribution in [0.2, 0.25) is 5.02 Å². The molecule has 2 heterocycles. The van der Waals surface area contributed by atoms with E-state index in [1.807, 2.05) is 18.7 Å². The van der Waals surface area contributed by atoms with Gasteiger partial charge < -0.3 is 5.32 Å². The molecule has 3 nitrogen and oxygen atoms in total. The zero-order valence-electron chi connectivity index (χ0n) is 11.2. The van der Waals surface area contributed by atoms with Crippen LogP contribution in [-0.4, -0.2) is 16.3 Å². The second kappa shape index (κ2) is 6.39. The molecule has 0 radical (unpaired) electrons. The number of aryl methyl sites for hydroxylation is 2. The standard InChI is InChI=1S/C13H17BrClN3S/c1-4-16-10(13-9(14)5-6-19-13)7-11-12(15)8(2)17-18(11)3/h5-6,10,16H,4,7H2,1-3H3. The van der Waals surface area contributed by atoms with Gasteiger partial charge in [-0.2, -0.15) is 5.10 Å². The highest BCUT2D eigenvalue weighted by Crippen LogP contribution is 2.32. The van der Waals surface area contributed by atoms with Crippen LogP contribution in [0.15, 0.2) is 15.9 Å². The van der Waals surface area contributed by atoms with Gasteiger partial charge in [-0.05, 0) is 40.8 Å². The Kier molecular flexibility index (Phi) is 5.06. The zero-order valence-corrected chi connectivity index (χ0v) is 14.4. The molecule has 0 bridgehead atoms. The molecule has 2 aromatic rings. The fourth-order valence-electron chi connectivity index (χ4n) is 2.15. The molecule has 0 fully saturated rings. The van der Waals surface area contributed by atoms with Gasteiger partial charge in [0.05, 0.1) is 16.4 Å². The summed E-state index contributed by atoms with van der Waals surface area (Å²) in [5.74, 6) is 0. The van der Waals surface area contributed by atoms with Crippen molar-refractivity contribution < 1.29 is 0 Å². The minimum atomic E-state index is 0.256. The fourth-order valence-corrected chi connectivity index (χ4v) is 4.12. The van der Waals surface area contributed by atoms with E-state index in [9.17, 15) is 0 Å². The van der Waals surface area contributed by atoms with E-state index >= 15 is 0 Å². The number of rotatable bonds is 5. The Morgan fingerprint density at radius 1 is 1.58 bits per heavy atom. The van der Waals surface area contributed by atoms with E-state index in [0.717, 1.165) is 33.8 Å². The maximum atomic E-state index is 6.34. The maximum Gasteiger partial charge on any atom is 0.0847 e. The molecule has 0 saturated heterocycles. The van der Waals surface area contributed by atoms with E-state index in [0.29, 0.717) is 0 Å². The first-order chi connectivity index (χ1) is 9.04. The SMILES string of the molecule is CCNC(Cc1c(Cl)c(C)nn1C)c1sccc1Br. The predicted octanol–water partition coefficient (Wildman–Crippen LogP) is 4.10. The van der Waals surface area contributed by atoms with Crippen LogP contribution in [0.5, 0.6) is 0 Å². The first-order valence-electron chi connectivity index (χ1n) is 6.18. The van der Waals surface area contributed by atoms with Crippen molar-refractivity contribution in [3.8, 4) is 0 Å². The lowest BCUT2D eigenvalue weighted by Crippen LogP contribution is -2.23. The lowest BCUT2D eigenvalue weighted by Gasteiger charge is -2.17. The van der Waals surface area contributed by atoms with Gasteiger partial charge in [0.2, 0.25) is 0 Å². The first kappa shape index (κ1) is 15.0. The average molecular weight is 363 g/mol. The van der Waals surface area contributed by atoms with E-state index < -0.39 is 0 Å². The Hall–Kier alpha value is -0.360. The fraction of sp³-hybridized carbons (Fsp3) is 0.462. The predicted molar refractivity (Wildman–Crippen MR) is 85.1 cm³/mol. The van der Waals surface area contributed by atoms with Gasteiger partial charge in [0.25, 0.3) is 0 Å². The molecule has 0 aromatic carbocycles. The van der Waals surface area contributed by atoms with Gasteiger partial charge >= 0.3 is 0 Å². The molecule has 0 spiro atoms. The van der Waals surface area contributed by atoms with E-state index in [2.05, 4.69) is 44.7 Å². The number of aromatic nitrogens is 2. The number of hydrogen-bond acceptors (Lipinski definition) is 3. The van der Waals surface area contributed by atoms with Gasteiger partial charge in [-0.1, -0.05) is 18.5 Å². The van der Waals surface area contributed by atoms with Gasteiger partial charge in [-0.25, -0.2) is 0 Å². The maximum absolute atomic E-state index is 6.34. The topological polar surface area (TPSA) is 29.9 Å². The molecular formula is C13H17BrClN3S. The molecule has 104 valence electrons. The van der Waals surface area contributed by atoms with Gasteiger partial charge in [-0.3, -0.25) is 4.68 Å². The van der Waals surface area contributed by atoms with E-state index in [1.54, 1.807) is 11.3 Å². The van der Waals surface area contributed by atoms with Crippen LogP contribution in [0.1, 0.15) is 29.2 Å². The van der Waals surface area contributed by atoms with Gasteiger partial charge in [0.1, 0.15) is 0 Å². The summed E-state index contributed by atoms with van der Waals surface area (Å²) < 4.78 is 3.03. The highest BCUT2D eigenvalue weighted by Gasteiger charge is 2.20. The minimum Gasteiger partial charge on any atom is -0.309 e. The van der Waals surface area contributed by atoms with Gasteiger partial charge in [0, 0.05) is 28.9 Å². The van der Waals surface area contributed by atoms with Gasteiger partial charge in [-0.15, -0.1) is 11.3 Å². The number of thiophene rings is 1. The van der Waals surface area contributed by atoms with Crippen LogP contribution >= 0.6 is 38.9 Å². The van der Waals surface area contributed by atoms with Crippen molar-refractivity contribution >= 4 is 38.9 Å². The van der Waals surface area contributed by atoms with Crippen LogP contribution in [0, 0.1) is 6.92 Å². The largest absolute Gasteiger partial charge is 0.309 e. The van der Waals surface area contributed by atoms with Crippen LogP contribution < -0.4 is 5.32 Å². The monoisotopic (exact) mass is 361 g/mol. The zero-order chi connectivity index (χ0) is 14.0. The minimum absolute atomic E-state index is 0.256. The number of likely N-dealkylation sites (N-methyl/N-ethyl adjacent to an activating group) is 1. The summed E-state index contributed by atoms with van der Waals surface area (Å²) in [5, 5.41) is 10.8. The van der Waals surface area contributed by atoms with Gasteiger partial charge in [0.15, 0.2) is 0 Å². The Balaban J connectivity index is 2.29. The molecule has 0 amide bonds. The second-order valence-electron chi connectivity index (χ2n) is 4.42. The van der Waals surface area contributed by atoms with E-state index in [4.69, 9.17) is 11.6 Å². The summed E-state index contributed by atoms with van der Waals surface area (Å²) in [6.45, 7) is 4.98. The van der Waals surface area contributed by atoms with E-state index in [-0.39, 0.29) is 6.04 Å². The van der Waals surface area contributed by atoms with Crippen molar-refractivity contribution in [1.29, 1.82) is 0 Å². The smallest absolute Gasteiger partial charge is 0.0847 e. The average Bonchev–Trinajstić information content (AvgIpc) is 2.88. The summed E-state index contributed by atoms with van der Waals surface area (Å²) in [4.78, 5) is 1.30. The molecular weight excluding hydrogens is 346 g/mol. The first-order valence-corrected chi connectivity index (χ1v) is 8.23. The van der Waals surface area contributed by atoms with Crippen LogP contribution in [0.3, 0.4) is 0 Å². The van der Waals surface area contributed by atoms with Crippen molar-refractivity contribution in [1.82, 2.24) is 15.1 Å². The second-order valence-corrected chi connectivity index (χ2v) is 6.60. The van der Waals surface area contributed by atoms with Crippen molar-refractivity contribution in [3.05, 3.63) is 37.2 Å². The third kappa shape index (κ3) is 3.21. The van der Waals surface area contributed by atoms with Crippen molar-refractivity contribution in [3.63, 3.8) is 0 Å². The van der Waals surface area contributed by atoms with Crippen molar-refractivity contribution in [2.24, 2.45) is 7.05 Å². The molecule has 1 N–H and O–H groups in total. The third-order valence-corrected chi connectivity index (χ3v) is 5.55. The molecule has 1 unspecified atom stereocenters. The Morgan fingerprint density at radius 2 is 2.32 bits per heavy atom. The van der Waals surface area contributed by atoms with E-state index in [1.165, 1.54) is 4.88 Å². The lowest BCUT2D eigenvalue weighted by atomic mass is 10.1. The molecule has 0 aliphatic rings. The number of nitrogens with one attached hydrogen (secondary N) is 1. The highest BCUT2D eigenvalue weighted by molar-refractivity contribution is 9.10. The summed E-state index contributed by atoms with van der Waals surface area (Å²) in [6.07, 6.45) is 0.836. The van der Waals surface area contributed by atoms with Crippen LogP contribution in [0.4, 0.5) is 0 Å². The quantitative estimate of drug-likeness (QED) is 0.868. The Labute approximate surface area is 131 Å². The third-order valence-electron chi connectivity index (χ3n) is 3.07. The van der Waals surface area contributed by atoms with Crippen molar-refractivity contribution in [2.45, 2.75) is 26.3 Å². The lowest BCUT2D eigenvalue weighted by molar-refractivity contribution is 0.534. The summed E-state index contributed by atoms with van der Waals surface area (Å²) >= 11 is 11.7. The molecule has 0 aliphatic carbocycles. The molecule has 2 rings (SSSR count). The molecule has 0 saturated carbocycles. The summed E-state index contributed by atoms with van der Waals surface area (Å²) in [7, 11) is 1.95. The normalized spacial score (nSPS) is 12.9. The molecule has 2 aromatic heterocycles. The summed E-state index contributed by atoms with van der Waals surface area (Å²) in [6, 6.07) is 2.34. The highest BCUT2D eigenvalue weighted by atomic mass is 79.9.